The number of rotatable bonds is 8. The fraction of sp³-hybridized carbons (Fsp3) is 0.632. The lowest BCUT2D eigenvalue weighted by Crippen LogP contribution is -2.45. The van der Waals surface area contributed by atoms with Crippen molar-refractivity contribution in [3.63, 3.8) is 0 Å². The maximum absolute atomic E-state index is 5.59. The van der Waals surface area contributed by atoms with Gasteiger partial charge >= 0.3 is 0 Å². The van der Waals surface area contributed by atoms with Crippen LogP contribution in [0.25, 0.3) is 0 Å². The molecule has 1 rings (SSSR count). The van der Waals surface area contributed by atoms with Crippen LogP contribution in [0.15, 0.2) is 23.2 Å². The molecule has 1 atom stereocenters. The largest absolute Gasteiger partial charge is 0.493 e. The van der Waals surface area contributed by atoms with Crippen LogP contribution < -0.4 is 20.1 Å². The van der Waals surface area contributed by atoms with Crippen LogP contribution in [0, 0.1) is 5.41 Å². The molecule has 0 saturated heterocycles. The average molecular weight is 351 g/mol. The second kappa shape index (κ2) is 10.1. The summed E-state index contributed by atoms with van der Waals surface area (Å²) in [6.45, 7) is 10.6. The summed E-state index contributed by atoms with van der Waals surface area (Å²) in [6.07, 6.45) is 0.0948. The third-order valence-corrected chi connectivity index (χ3v) is 3.92. The van der Waals surface area contributed by atoms with E-state index in [1.807, 2.05) is 25.1 Å². The summed E-state index contributed by atoms with van der Waals surface area (Å²) in [5.41, 5.74) is 1.11. The fourth-order valence-corrected chi connectivity index (χ4v) is 2.42. The number of benzene rings is 1. The van der Waals surface area contributed by atoms with Gasteiger partial charge in [-0.1, -0.05) is 26.8 Å². The lowest BCUT2D eigenvalue weighted by Gasteiger charge is -2.30. The molecule has 0 amide bonds. The van der Waals surface area contributed by atoms with E-state index in [9.17, 15) is 0 Å². The predicted molar refractivity (Wildman–Crippen MR) is 103 cm³/mol. The lowest BCUT2D eigenvalue weighted by atomic mass is 9.89. The molecule has 142 valence electrons. The zero-order valence-electron chi connectivity index (χ0n) is 16.6. The highest BCUT2D eigenvalue weighted by atomic mass is 16.5. The average Bonchev–Trinajstić information content (AvgIpc) is 2.58. The summed E-state index contributed by atoms with van der Waals surface area (Å²) < 4.78 is 16.2. The van der Waals surface area contributed by atoms with Crippen LogP contribution in [0.1, 0.15) is 33.3 Å². The maximum atomic E-state index is 5.59. The molecule has 0 spiro atoms. The molecule has 0 aromatic heterocycles. The summed E-state index contributed by atoms with van der Waals surface area (Å²) in [4.78, 5) is 4.65. The highest BCUT2D eigenvalue weighted by Gasteiger charge is 2.24. The van der Waals surface area contributed by atoms with Crippen molar-refractivity contribution in [3.05, 3.63) is 23.8 Å². The van der Waals surface area contributed by atoms with Crippen LogP contribution in [0.5, 0.6) is 11.5 Å². The van der Waals surface area contributed by atoms with Gasteiger partial charge in [0.1, 0.15) is 0 Å². The van der Waals surface area contributed by atoms with Crippen LogP contribution in [0.3, 0.4) is 0 Å². The predicted octanol–water partition coefficient (Wildman–Crippen LogP) is 2.82. The highest BCUT2D eigenvalue weighted by Crippen LogP contribution is 2.27. The Morgan fingerprint density at radius 3 is 2.28 bits per heavy atom. The molecular weight excluding hydrogens is 318 g/mol. The minimum atomic E-state index is 0.0580. The SMILES string of the molecule is CCNC(=NCc1ccc(OC)c(OC)c1)NCC(OC)C(C)(C)C. The molecule has 1 unspecified atom stereocenters. The Hall–Kier alpha value is -1.95. The normalized spacial score (nSPS) is 13.3. The van der Waals surface area contributed by atoms with E-state index in [0.717, 1.165) is 18.1 Å². The van der Waals surface area contributed by atoms with E-state index in [4.69, 9.17) is 14.2 Å². The van der Waals surface area contributed by atoms with E-state index in [0.29, 0.717) is 24.6 Å². The molecule has 0 radical (unpaired) electrons. The topological polar surface area (TPSA) is 64.1 Å². The van der Waals surface area contributed by atoms with E-state index in [1.165, 1.54) is 0 Å². The van der Waals surface area contributed by atoms with Gasteiger partial charge < -0.3 is 24.8 Å². The second-order valence-electron chi connectivity index (χ2n) is 6.86. The van der Waals surface area contributed by atoms with Crippen molar-refractivity contribution in [3.8, 4) is 11.5 Å². The van der Waals surface area contributed by atoms with Crippen molar-refractivity contribution in [1.82, 2.24) is 10.6 Å². The molecule has 1 aromatic carbocycles. The Bertz CT molecular complexity index is 553. The Balaban J connectivity index is 2.78. The molecule has 2 N–H and O–H groups in total. The van der Waals surface area contributed by atoms with Gasteiger partial charge in [0.2, 0.25) is 0 Å². The molecule has 0 heterocycles. The van der Waals surface area contributed by atoms with Crippen LogP contribution in [-0.4, -0.2) is 46.5 Å². The van der Waals surface area contributed by atoms with Crippen LogP contribution >= 0.6 is 0 Å². The number of hydrogen-bond donors (Lipinski definition) is 2. The standard InChI is InChI=1S/C19H33N3O3/c1-8-20-18(22-13-17(25-7)19(2,3)4)21-12-14-9-10-15(23-5)16(11-14)24-6/h9-11,17H,8,12-13H2,1-7H3,(H2,20,21,22). The second-order valence-corrected chi connectivity index (χ2v) is 6.86. The van der Waals surface area contributed by atoms with Crippen molar-refractivity contribution in [2.75, 3.05) is 34.4 Å². The summed E-state index contributed by atoms with van der Waals surface area (Å²) in [5.74, 6) is 2.19. The van der Waals surface area contributed by atoms with Crippen molar-refractivity contribution >= 4 is 5.96 Å². The van der Waals surface area contributed by atoms with Crippen molar-refractivity contribution < 1.29 is 14.2 Å². The fourth-order valence-electron chi connectivity index (χ4n) is 2.42. The molecule has 1 aromatic rings. The smallest absolute Gasteiger partial charge is 0.191 e. The Morgan fingerprint density at radius 1 is 1.08 bits per heavy atom. The van der Waals surface area contributed by atoms with Gasteiger partial charge in [-0.2, -0.15) is 0 Å². The van der Waals surface area contributed by atoms with Crippen molar-refractivity contribution in [2.24, 2.45) is 10.4 Å². The van der Waals surface area contributed by atoms with Gasteiger partial charge in [0.25, 0.3) is 0 Å². The number of guanidine groups is 1. The summed E-state index contributed by atoms with van der Waals surface area (Å²) in [6, 6.07) is 5.82. The number of hydrogen-bond acceptors (Lipinski definition) is 4. The van der Waals surface area contributed by atoms with Gasteiger partial charge in [0, 0.05) is 20.2 Å². The molecule has 0 fully saturated rings. The third kappa shape index (κ3) is 6.82. The zero-order valence-corrected chi connectivity index (χ0v) is 16.6. The van der Waals surface area contributed by atoms with Crippen LogP contribution in [0.4, 0.5) is 0 Å². The molecular formula is C19H33N3O3. The van der Waals surface area contributed by atoms with E-state index >= 15 is 0 Å². The van der Waals surface area contributed by atoms with Gasteiger partial charge in [-0.25, -0.2) is 4.99 Å². The summed E-state index contributed by atoms with van der Waals surface area (Å²) in [7, 11) is 5.00. The molecule has 6 heteroatoms. The quantitative estimate of drug-likeness (QED) is 0.557. The van der Waals surface area contributed by atoms with E-state index < -0.39 is 0 Å². The van der Waals surface area contributed by atoms with Gasteiger partial charge in [-0.3, -0.25) is 0 Å². The van der Waals surface area contributed by atoms with E-state index in [2.05, 4.69) is 36.4 Å². The highest BCUT2D eigenvalue weighted by molar-refractivity contribution is 5.79. The number of nitrogens with zero attached hydrogens (tertiary/aromatic N) is 1. The van der Waals surface area contributed by atoms with Crippen molar-refractivity contribution in [1.29, 1.82) is 0 Å². The Morgan fingerprint density at radius 2 is 1.76 bits per heavy atom. The molecule has 25 heavy (non-hydrogen) atoms. The first-order valence-corrected chi connectivity index (χ1v) is 8.61. The number of ether oxygens (including phenoxy) is 3. The third-order valence-electron chi connectivity index (χ3n) is 3.92. The summed E-state index contributed by atoms with van der Waals surface area (Å²) in [5, 5.41) is 6.62. The Kier molecular flexibility index (Phi) is 8.55. The Labute approximate surface area is 152 Å². The number of nitrogens with one attached hydrogen (secondary N) is 2. The molecule has 6 nitrogen and oxygen atoms in total. The van der Waals surface area contributed by atoms with Crippen molar-refractivity contribution in [2.45, 2.75) is 40.3 Å². The van der Waals surface area contributed by atoms with Crippen LogP contribution in [-0.2, 0) is 11.3 Å². The lowest BCUT2D eigenvalue weighted by molar-refractivity contribution is 0.0205. The number of aliphatic imine (C=N–C) groups is 1. The van der Waals surface area contributed by atoms with Gasteiger partial charge in [0.15, 0.2) is 17.5 Å². The maximum Gasteiger partial charge on any atom is 0.191 e. The number of methoxy groups -OCH3 is 3. The first kappa shape index (κ1) is 21.1. The van der Waals surface area contributed by atoms with Crippen LogP contribution in [0.2, 0.25) is 0 Å². The van der Waals surface area contributed by atoms with E-state index in [1.54, 1.807) is 21.3 Å². The molecule has 0 aliphatic rings. The monoisotopic (exact) mass is 351 g/mol. The zero-order chi connectivity index (χ0) is 18.9. The molecule has 0 aliphatic carbocycles. The van der Waals surface area contributed by atoms with E-state index in [-0.39, 0.29) is 11.5 Å². The van der Waals surface area contributed by atoms with Gasteiger partial charge in [-0.15, -0.1) is 0 Å². The minimum Gasteiger partial charge on any atom is -0.493 e. The molecule has 0 bridgehead atoms. The molecule has 0 saturated carbocycles. The first-order valence-electron chi connectivity index (χ1n) is 8.61. The summed E-state index contributed by atoms with van der Waals surface area (Å²) >= 11 is 0. The first-order chi connectivity index (χ1) is 11.8. The van der Waals surface area contributed by atoms with Gasteiger partial charge in [0.05, 0.1) is 26.9 Å². The van der Waals surface area contributed by atoms with Gasteiger partial charge in [-0.05, 0) is 30.0 Å². The minimum absolute atomic E-state index is 0.0580. The molecule has 0 aliphatic heterocycles.